The molecular weight excluding hydrogens is 290 g/mol. The van der Waals surface area contributed by atoms with Crippen molar-refractivity contribution in [1.82, 2.24) is 14.7 Å². The van der Waals surface area contributed by atoms with Gasteiger partial charge in [-0.15, -0.1) is 5.10 Å². The Morgan fingerprint density at radius 3 is 2.52 bits per heavy atom. The topological polar surface area (TPSA) is 47.4 Å². The molecule has 2 aromatic rings. The Morgan fingerprint density at radius 1 is 1.13 bits per heavy atom. The summed E-state index contributed by atoms with van der Waals surface area (Å²) in [7, 11) is 0. The molecule has 0 N–H and O–H groups in total. The molecule has 122 valence electrons. The molecule has 1 aliphatic heterocycles. The van der Waals surface area contributed by atoms with E-state index in [-0.39, 0.29) is 12.5 Å². The van der Waals surface area contributed by atoms with Crippen molar-refractivity contribution in [1.29, 1.82) is 0 Å². The average Bonchev–Trinajstić information content (AvgIpc) is 2.78. The van der Waals surface area contributed by atoms with E-state index in [1.807, 2.05) is 48.4 Å². The fourth-order valence-electron chi connectivity index (χ4n) is 2.84. The van der Waals surface area contributed by atoms with Crippen molar-refractivity contribution in [3.8, 4) is 11.6 Å². The first-order chi connectivity index (χ1) is 11.2. The summed E-state index contributed by atoms with van der Waals surface area (Å²) in [6.07, 6.45) is 6.53. The summed E-state index contributed by atoms with van der Waals surface area (Å²) in [6, 6.07) is 9.87. The summed E-state index contributed by atoms with van der Waals surface area (Å²) in [4.78, 5) is 14.2. The number of carbonyl (C=O) groups excluding carboxylic acids is 1. The maximum atomic E-state index is 12.3. The quantitative estimate of drug-likeness (QED) is 0.872. The van der Waals surface area contributed by atoms with E-state index >= 15 is 0 Å². The smallest absolute Gasteiger partial charge is 0.260 e. The Hall–Kier alpha value is -2.30. The fraction of sp³-hybridized carbons (Fsp3) is 0.444. The van der Waals surface area contributed by atoms with Gasteiger partial charge in [-0.3, -0.25) is 4.79 Å². The maximum Gasteiger partial charge on any atom is 0.260 e. The van der Waals surface area contributed by atoms with Crippen molar-refractivity contribution in [3.05, 3.63) is 42.1 Å². The Labute approximate surface area is 136 Å². The van der Waals surface area contributed by atoms with Gasteiger partial charge in [-0.05, 0) is 31.9 Å². The molecule has 1 amide bonds. The number of ether oxygens (including phenoxy) is 1. The maximum absolute atomic E-state index is 12.3. The van der Waals surface area contributed by atoms with Gasteiger partial charge in [0.1, 0.15) is 0 Å². The van der Waals surface area contributed by atoms with Crippen LogP contribution in [0, 0.1) is 6.92 Å². The van der Waals surface area contributed by atoms with Crippen LogP contribution in [0.1, 0.15) is 31.2 Å². The SMILES string of the molecule is Cc1cn(-c2ccccc2)nc1OCC(=O)N1CCCCCC1. The molecule has 5 nitrogen and oxygen atoms in total. The van der Waals surface area contributed by atoms with Crippen LogP contribution >= 0.6 is 0 Å². The zero-order valence-corrected chi connectivity index (χ0v) is 13.6. The molecule has 23 heavy (non-hydrogen) atoms. The molecule has 1 aliphatic rings. The highest BCUT2D eigenvalue weighted by Crippen LogP contribution is 2.18. The lowest BCUT2D eigenvalue weighted by molar-refractivity contribution is -0.133. The van der Waals surface area contributed by atoms with Crippen LogP contribution in [-0.2, 0) is 4.79 Å². The van der Waals surface area contributed by atoms with Crippen LogP contribution in [0.2, 0.25) is 0 Å². The largest absolute Gasteiger partial charge is 0.466 e. The Kier molecular flexibility index (Phi) is 4.95. The van der Waals surface area contributed by atoms with Crippen molar-refractivity contribution in [3.63, 3.8) is 0 Å². The third kappa shape index (κ3) is 3.92. The van der Waals surface area contributed by atoms with Crippen LogP contribution in [0.5, 0.6) is 5.88 Å². The minimum atomic E-state index is 0.0561. The normalized spacial score (nSPS) is 15.3. The van der Waals surface area contributed by atoms with Crippen molar-refractivity contribution in [2.24, 2.45) is 0 Å². The number of rotatable bonds is 4. The number of likely N-dealkylation sites (tertiary alicyclic amines) is 1. The summed E-state index contributed by atoms with van der Waals surface area (Å²) >= 11 is 0. The molecule has 0 aliphatic carbocycles. The third-order valence-electron chi connectivity index (χ3n) is 4.16. The van der Waals surface area contributed by atoms with Gasteiger partial charge in [-0.1, -0.05) is 31.0 Å². The molecule has 2 heterocycles. The van der Waals surface area contributed by atoms with E-state index in [4.69, 9.17) is 4.74 Å². The molecule has 0 spiro atoms. The summed E-state index contributed by atoms with van der Waals surface area (Å²) < 4.78 is 7.45. The van der Waals surface area contributed by atoms with Crippen LogP contribution in [0.15, 0.2) is 36.5 Å². The molecule has 1 aromatic heterocycles. The minimum Gasteiger partial charge on any atom is -0.466 e. The van der Waals surface area contributed by atoms with Crippen LogP contribution < -0.4 is 4.74 Å². The van der Waals surface area contributed by atoms with Gasteiger partial charge >= 0.3 is 0 Å². The highest BCUT2D eigenvalue weighted by molar-refractivity contribution is 5.77. The van der Waals surface area contributed by atoms with E-state index in [9.17, 15) is 4.79 Å². The second-order valence-corrected chi connectivity index (χ2v) is 5.98. The predicted molar refractivity (Wildman–Crippen MR) is 88.8 cm³/mol. The highest BCUT2D eigenvalue weighted by Gasteiger charge is 2.17. The van der Waals surface area contributed by atoms with Gasteiger partial charge in [-0.2, -0.15) is 0 Å². The molecule has 1 aromatic carbocycles. The van der Waals surface area contributed by atoms with E-state index < -0.39 is 0 Å². The van der Waals surface area contributed by atoms with Crippen molar-refractivity contribution in [2.45, 2.75) is 32.6 Å². The summed E-state index contributed by atoms with van der Waals surface area (Å²) in [5.41, 5.74) is 1.90. The number of hydrogen-bond acceptors (Lipinski definition) is 3. The average molecular weight is 313 g/mol. The summed E-state index contributed by atoms with van der Waals surface area (Å²) in [5.74, 6) is 0.581. The number of benzene rings is 1. The zero-order chi connectivity index (χ0) is 16.1. The monoisotopic (exact) mass is 313 g/mol. The predicted octanol–water partition coefficient (Wildman–Crippen LogP) is 2.96. The molecule has 0 radical (unpaired) electrons. The second kappa shape index (κ2) is 7.31. The van der Waals surface area contributed by atoms with Crippen LogP contribution in [0.25, 0.3) is 5.69 Å². The van der Waals surface area contributed by atoms with E-state index in [1.54, 1.807) is 4.68 Å². The van der Waals surface area contributed by atoms with Gasteiger partial charge in [0.05, 0.1) is 5.69 Å². The number of nitrogens with zero attached hydrogens (tertiary/aromatic N) is 3. The Morgan fingerprint density at radius 2 is 1.83 bits per heavy atom. The number of amides is 1. The van der Waals surface area contributed by atoms with Gasteiger partial charge in [0.2, 0.25) is 5.88 Å². The van der Waals surface area contributed by atoms with E-state index in [0.29, 0.717) is 5.88 Å². The van der Waals surface area contributed by atoms with Crippen LogP contribution in [0.4, 0.5) is 0 Å². The van der Waals surface area contributed by atoms with Crippen molar-refractivity contribution in [2.75, 3.05) is 19.7 Å². The second-order valence-electron chi connectivity index (χ2n) is 5.98. The van der Waals surface area contributed by atoms with E-state index in [2.05, 4.69) is 5.10 Å². The van der Waals surface area contributed by atoms with Crippen molar-refractivity contribution < 1.29 is 9.53 Å². The van der Waals surface area contributed by atoms with Crippen LogP contribution in [0.3, 0.4) is 0 Å². The number of carbonyl (C=O) groups is 1. The Bertz CT molecular complexity index is 644. The molecule has 5 heteroatoms. The first-order valence-electron chi connectivity index (χ1n) is 8.26. The number of hydrogen-bond donors (Lipinski definition) is 0. The molecule has 3 rings (SSSR count). The Balaban J connectivity index is 1.62. The molecule has 0 bridgehead atoms. The van der Waals surface area contributed by atoms with Gasteiger partial charge in [0.15, 0.2) is 6.61 Å². The number of para-hydroxylation sites is 1. The molecule has 0 unspecified atom stereocenters. The summed E-state index contributed by atoms with van der Waals surface area (Å²) in [6.45, 7) is 3.70. The van der Waals surface area contributed by atoms with Gasteiger partial charge in [0.25, 0.3) is 5.91 Å². The zero-order valence-electron chi connectivity index (χ0n) is 13.6. The molecule has 1 saturated heterocycles. The van der Waals surface area contributed by atoms with Gasteiger partial charge in [0, 0.05) is 24.8 Å². The molecule has 0 atom stereocenters. The fourth-order valence-corrected chi connectivity index (χ4v) is 2.84. The molecule has 0 saturated carbocycles. The van der Waals surface area contributed by atoms with Crippen molar-refractivity contribution >= 4 is 5.91 Å². The molecule has 1 fully saturated rings. The van der Waals surface area contributed by atoms with Gasteiger partial charge in [-0.25, -0.2) is 4.68 Å². The summed E-state index contributed by atoms with van der Waals surface area (Å²) in [5, 5.41) is 4.44. The van der Waals surface area contributed by atoms with Crippen LogP contribution in [-0.4, -0.2) is 40.3 Å². The molecular formula is C18H23N3O2. The first-order valence-corrected chi connectivity index (χ1v) is 8.26. The number of aryl methyl sites for hydroxylation is 1. The minimum absolute atomic E-state index is 0.0561. The van der Waals surface area contributed by atoms with Gasteiger partial charge < -0.3 is 9.64 Å². The van der Waals surface area contributed by atoms with E-state index in [0.717, 1.165) is 37.2 Å². The van der Waals surface area contributed by atoms with E-state index in [1.165, 1.54) is 12.8 Å². The standard InChI is InChI=1S/C18H23N3O2/c1-15-13-21(16-9-5-4-6-10-16)19-18(15)23-14-17(22)20-11-7-2-3-8-12-20/h4-6,9-10,13H,2-3,7-8,11-12,14H2,1H3. The lowest BCUT2D eigenvalue weighted by Crippen LogP contribution is -2.35. The first kappa shape index (κ1) is 15.6. The highest BCUT2D eigenvalue weighted by atomic mass is 16.5. The number of aromatic nitrogens is 2. The lowest BCUT2D eigenvalue weighted by atomic mass is 10.2. The lowest BCUT2D eigenvalue weighted by Gasteiger charge is -2.19. The third-order valence-corrected chi connectivity index (χ3v) is 4.16.